The third-order valence-electron chi connectivity index (χ3n) is 4.33. The largest absolute Gasteiger partial charge is 0.416 e. The molecule has 1 aliphatic rings. The van der Waals surface area contributed by atoms with Gasteiger partial charge in [-0.25, -0.2) is 0 Å². The minimum absolute atomic E-state index is 0.0424. The first-order chi connectivity index (χ1) is 11.3. The highest BCUT2D eigenvalue weighted by atomic mass is 19.4. The fourth-order valence-corrected chi connectivity index (χ4v) is 3.04. The average Bonchev–Trinajstić information content (AvgIpc) is 3.01. The van der Waals surface area contributed by atoms with Crippen LogP contribution in [0.15, 0.2) is 30.5 Å². The molecule has 0 bridgehead atoms. The summed E-state index contributed by atoms with van der Waals surface area (Å²) in [6, 6.07) is 5.17. The first-order valence-electron chi connectivity index (χ1n) is 7.80. The lowest BCUT2D eigenvalue weighted by Gasteiger charge is -2.29. The molecule has 24 heavy (non-hydrogen) atoms. The van der Waals surface area contributed by atoms with Crippen LogP contribution in [0.2, 0.25) is 0 Å². The third kappa shape index (κ3) is 3.44. The molecule has 7 heteroatoms. The Hall–Kier alpha value is -2.31. The molecule has 3 rings (SSSR count). The van der Waals surface area contributed by atoms with Crippen molar-refractivity contribution in [3.8, 4) is 0 Å². The molecule has 1 aliphatic heterocycles. The highest BCUT2D eigenvalue weighted by molar-refractivity contribution is 5.79. The molecular weight excluding hydrogens is 319 g/mol. The molecule has 128 valence electrons. The van der Waals surface area contributed by atoms with E-state index < -0.39 is 11.7 Å². The lowest BCUT2D eigenvalue weighted by atomic mass is 9.97. The van der Waals surface area contributed by atoms with Crippen molar-refractivity contribution in [2.75, 3.05) is 6.54 Å². The van der Waals surface area contributed by atoms with Crippen LogP contribution in [0.1, 0.15) is 29.3 Å². The van der Waals surface area contributed by atoms with Crippen LogP contribution in [-0.4, -0.2) is 27.5 Å². The van der Waals surface area contributed by atoms with E-state index in [2.05, 4.69) is 10.2 Å². The van der Waals surface area contributed by atoms with E-state index in [1.54, 1.807) is 24.1 Å². The first-order valence-corrected chi connectivity index (χ1v) is 7.80. The maximum Gasteiger partial charge on any atom is 0.416 e. The van der Waals surface area contributed by atoms with Gasteiger partial charge in [-0.2, -0.15) is 18.3 Å². The normalized spacial score (nSPS) is 15.9. The summed E-state index contributed by atoms with van der Waals surface area (Å²) in [4.78, 5) is 14.3. The predicted octanol–water partition coefficient (Wildman–Crippen LogP) is 3.19. The first kappa shape index (κ1) is 16.5. The second-order valence-corrected chi connectivity index (χ2v) is 6.19. The molecule has 0 unspecified atom stereocenters. The fraction of sp³-hybridized carbons (Fsp3) is 0.412. The number of nitrogens with zero attached hydrogens (tertiary/aromatic N) is 2. The Morgan fingerprint density at radius 3 is 2.96 bits per heavy atom. The number of carbonyl (C=O) groups is 1. The highest BCUT2D eigenvalue weighted by Crippen LogP contribution is 2.30. The monoisotopic (exact) mass is 337 g/mol. The van der Waals surface area contributed by atoms with Crippen LogP contribution in [0.3, 0.4) is 0 Å². The second kappa shape index (κ2) is 6.30. The molecule has 1 aromatic carbocycles. The minimum Gasteiger partial charge on any atom is -0.338 e. The van der Waals surface area contributed by atoms with Crippen LogP contribution in [0.5, 0.6) is 0 Å². The van der Waals surface area contributed by atoms with Gasteiger partial charge < -0.3 is 4.90 Å². The molecule has 0 fully saturated rings. The van der Waals surface area contributed by atoms with Gasteiger partial charge in [-0.15, -0.1) is 0 Å². The number of nitrogens with one attached hydrogen (secondary N) is 1. The number of hydrogen-bond donors (Lipinski definition) is 1. The summed E-state index contributed by atoms with van der Waals surface area (Å²) in [5, 5.41) is 6.89. The van der Waals surface area contributed by atoms with Crippen molar-refractivity contribution in [1.29, 1.82) is 0 Å². The van der Waals surface area contributed by atoms with E-state index in [0.29, 0.717) is 18.7 Å². The molecule has 0 spiro atoms. The van der Waals surface area contributed by atoms with Crippen LogP contribution < -0.4 is 0 Å². The summed E-state index contributed by atoms with van der Waals surface area (Å²) in [5.41, 5.74) is 1.89. The van der Waals surface area contributed by atoms with E-state index in [-0.39, 0.29) is 18.2 Å². The van der Waals surface area contributed by atoms with E-state index in [0.717, 1.165) is 29.8 Å². The summed E-state index contributed by atoms with van der Waals surface area (Å²) < 4.78 is 38.3. The Balaban J connectivity index is 1.67. The van der Waals surface area contributed by atoms with Gasteiger partial charge in [0, 0.05) is 36.7 Å². The van der Waals surface area contributed by atoms with Crippen LogP contribution in [-0.2, 0) is 30.4 Å². The van der Waals surface area contributed by atoms with Crippen LogP contribution >= 0.6 is 0 Å². The molecule has 1 amide bonds. The minimum atomic E-state index is -4.37. The van der Waals surface area contributed by atoms with Gasteiger partial charge in [0.2, 0.25) is 5.91 Å². The predicted molar refractivity (Wildman–Crippen MR) is 82.0 cm³/mol. The number of halogens is 3. The number of carbonyl (C=O) groups excluding carboxylic acids is 1. The topological polar surface area (TPSA) is 49.0 Å². The zero-order valence-corrected chi connectivity index (χ0v) is 13.2. The molecule has 0 saturated carbocycles. The summed E-state index contributed by atoms with van der Waals surface area (Å²) >= 11 is 0. The number of aromatic amines is 1. The molecular formula is C17H18F3N3O. The van der Waals surface area contributed by atoms with Gasteiger partial charge in [-0.3, -0.25) is 9.89 Å². The third-order valence-corrected chi connectivity index (χ3v) is 4.33. The van der Waals surface area contributed by atoms with Gasteiger partial charge >= 0.3 is 6.18 Å². The van der Waals surface area contributed by atoms with E-state index >= 15 is 0 Å². The molecule has 1 N–H and O–H groups in total. The van der Waals surface area contributed by atoms with Crippen LogP contribution in [0, 0.1) is 5.92 Å². The SMILES string of the molecule is C[C@@H](Cc1cccc(C(F)(F)F)c1)C(=O)N1CCc2[nH]ncc2C1. The van der Waals surface area contributed by atoms with Crippen LogP contribution in [0.4, 0.5) is 13.2 Å². The summed E-state index contributed by atoms with van der Waals surface area (Å²) in [6.07, 6.45) is -1.64. The molecule has 0 saturated heterocycles. The molecule has 0 aliphatic carbocycles. The van der Waals surface area contributed by atoms with Crippen molar-refractivity contribution < 1.29 is 18.0 Å². The number of amides is 1. The smallest absolute Gasteiger partial charge is 0.338 e. The summed E-state index contributed by atoms with van der Waals surface area (Å²) in [7, 11) is 0. The highest BCUT2D eigenvalue weighted by Gasteiger charge is 2.31. The lowest BCUT2D eigenvalue weighted by molar-refractivity contribution is -0.137. The lowest BCUT2D eigenvalue weighted by Crippen LogP contribution is -2.39. The maximum atomic E-state index is 12.8. The molecule has 2 aromatic rings. The Morgan fingerprint density at radius 2 is 2.21 bits per heavy atom. The number of rotatable bonds is 3. The van der Waals surface area contributed by atoms with Crippen molar-refractivity contribution >= 4 is 5.91 Å². The van der Waals surface area contributed by atoms with Gasteiger partial charge in [-0.05, 0) is 18.1 Å². The molecule has 4 nitrogen and oxygen atoms in total. The Bertz CT molecular complexity index is 739. The molecule has 1 aromatic heterocycles. The Kier molecular flexibility index (Phi) is 4.34. The van der Waals surface area contributed by atoms with E-state index in [1.165, 1.54) is 6.07 Å². The molecule has 2 heterocycles. The van der Waals surface area contributed by atoms with E-state index in [9.17, 15) is 18.0 Å². The van der Waals surface area contributed by atoms with Gasteiger partial charge in [-0.1, -0.05) is 25.1 Å². The van der Waals surface area contributed by atoms with Crippen molar-refractivity contribution in [3.05, 3.63) is 52.8 Å². The zero-order valence-electron chi connectivity index (χ0n) is 13.2. The standard InChI is InChI=1S/C17H18F3N3O/c1-11(7-12-3-2-4-14(8-12)17(18,19)20)16(24)23-6-5-15-13(10-23)9-21-22-15/h2-4,8-9,11H,5-7,10H2,1H3,(H,21,22)/t11-/m0/s1. The van der Waals surface area contributed by atoms with Gasteiger partial charge in [0.15, 0.2) is 0 Å². The van der Waals surface area contributed by atoms with Crippen molar-refractivity contribution in [2.24, 2.45) is 5.92 Å². The molecule has 1 atom stereocenters. The summed E-state index contributed by atoms with van der Waals surface area (Å²) in [5.74, 6) is -0.416. The quantitative estimate of drug-likeness (QED) is 0.935. The fourth-order valence-electron chi connectivity index (χ4n) is 3.04. The van der Waals surface area contributed by atoms with Gasteiger partial charge in [0.25, 0.3) is 0 Å². The van der Waals surface area contributed by atoms with Crippen molar-refractivity contribution in [2.45, 2.75) is 32.5 Å². The van der Waals surface area contributed by atoms with Gasteiger partial charge in [0.05, 0.1) is 11.8 Å². The Morgan fingerprint density at radius 1 is 1.42 bits per heavy atom. The van der Waals surface area contributed by atoms with Crippen LogP contribution in [0.25, 0.3) is 0 Å². The number of aromatic nitrogens is 2. The van der Waals surface area contributed by atoms with Crippen molar-refractivity contribution in [3.63, 3.8) is 0 Å². The number of H-pyrrole nitrogens is 1. The van der Waals surface area contributed by atoms with Gasteiger partial charge in [0.1, 0.15) is 0 Å². The Labute approximate surface area is 137 Å². The number of hydrogen-bond acceptors (Lipinski definition) is 2. The summed E-state index contributed by atoms with van der Waals surface area (Å²) in [6.45, 7) is 2.85. The number of benzene rings is 1. The average molecular weight is 337 g/mol. The number of fused-ring (bicyclic) bond motifs is 1. The van der Waals surface area contributed by atoms with E-state index in [4.69, 9.17) is 0 Å². The second-order valence-electron chi connectivity index (χ2n) is 6.19. The van der Waals surface area contributed by atoms with Crippen molar-refractivity contribution in [1.82, 2.24) is 15.1 Å². The zero-order chi connectivity index (χ0) is 17.3. The molecule has 0 radical (unpaired) electrons. The number of alkyl halides is 3. The van der Waals surface area contributed by atoms with E-state index in [1.807, 2.05) is 0 Å². The maximum absolute atomic E-state index is 12.8.